The largest absolute Gasteiger partial charge is 0.311 e. The van der Waals surface area contributed by atoms with Gasteiger partial charge in [-0.1, -0.05) is 27.2 Å². The van der Waals surface area contributed by atoms with Gasteiger partial charge in [0.25, 0.3) is 0 Å². The van der Waals surface area contributed by atoms with E-state index in [1.807, 2.05) is 11.8 Å². The standard InChI is InChI=1S/C15H32N2S/c1-6-12(3)15-11-17(13(4)8-9-18-5)14(7-2)10-16-15/h12-16H,6-11H2,1-5H3. The third-order valence-electron chi connectivity index (χ3n) is 4.60. The second kappa shape index (κ2) is 8.44. The van der Waals surface area contributed by atoms with Gasteiger partial charge in [0.05, 0.1) is 0 Å². The van der Waals surface area contributed by atoms with Crippen LogP contribution in [0.4, 0.5) is 0 Å². The van der Waals surface area contributed by atoms with Gasteiger partial charge in [-0.3, -0.25) is 4.90 Å². The summed E-state index contributed by atoms with van der Waals surface area (Å²) in [6.45, 7) is 11.8. The van der Waals surface area contributed by atoms with E-state index in [0.29, 0.717) is 6.04 Å². The van der Waals surface area contributed by atoms with Crippen LogP contribution in [0, 0.1) is 5.92 Å². The molecule has 1 fully saturated rings. The van der Waals surface area contributed by atoms with Crippen molar-refractivity contribution in [2.24, 2.45) is 5.92 Å². The van der Waals surface area contributed by atoms with Crippen LogP contribution in [-0.2, 0) is 0 Å². The van der Waals surface area contributed by atoms with Crippen LogP contribution in [0.25, 0.3) is 0 Å². The van der Waals surface area contributed by atoms with Crippen molar-refractivity contribution in [2.75, 3.05) is 25.1 Å². The van der Waals surface area contributed by atoms with E-state index in [4.69, 9.17) is 0 Å². The number of thioether (sulfide) groups is 1. The highest BCUT2D eigenvalue weighted by Gasteiger charge is 2.31. The lowest BCUT2D eigenvalue weighted by Crippen LogP contribution is -2.60. The zero-order chi connectivity index (χ0) is 13.5. The predicted octanol–water partition coefficient (Wildman–Crippen LogP) is 3.23. The summed E-state index contributed by atoms with van der Waals surface area (Å²) < 4.78 is 0. The molecule has 108 valence electrons. The van der Waals surface area contributed by atoms with Crippen LogP contribution in [0.15, 0.2) is 0 Å². The number of nitrogens with zero attached hydrogens (tertiary/aromatic N) is 1. The molecule has 1 aliphatic rings. The SMILES string of the molecule is CCC(C)C1CN(C(C)CCSC)C(CC)CN1. The van der Waals surface area contributed by atoms with Crippen LogP contribution < -0.4 is 5.32 Å². The van der Waals surface area contributed by atoms with Gasteiger partial charge >= 0.3 is 0 Å². The first-order valence-corrected chi connectivity index (χ1v) is 9.01. The van der Waals surface area contributed by atoms with Crippen LogP contribution in [0.5, 0.6) is 0 Å². The Labute approximate surface area is 118 Å². The molecule has 0 aromatic carbocycles. The molecule has 1 aliphatic heterocycles. The van der Waals surface area contributed by atoms with Crippen molar-refractivity contribution in [1.82, 2.24) is 10.2 Å². The lowest BCUT2D eigenvalue weighted by Gasteiger charge is -2.45. The molecule has 0 aromatic rings. The molecule has 3 heteroatoms. The van der Waals surface area contributed by atoms with Crippen molar-refractivity contribution in [3.05, 3.63) is 0 Å². The maximum atomic E-state index is 3.76. The van der Waals surface area contributed by atoms with E-state index in [1.165, 1.54) is 38.1 Å². The lowest BCUT2D eigenvalue weighted by atomic mass is 9.93. The van der Waals surface area contributed by atoms with Crippen LogP contribution in [-0.4, -0.2) is 48.1 Å². The second-order valence-electron chi connectivity index (χ2n) is 5.79. The summed E-state index contributed by atoms with van der Waals surface area (Å²) in [6.07, 6.45) is 6.08. The molecule has 0 aromatic heterocycles. The van der Waals surface area contributed by atoms with Crippen LogP contribution in [0.3, 0.4) is 0 Å². The van der Waals surface area contributed by atoms with E-state index in [0.717, 1.165) is 18.0 Å². The molecule has 0 aliphatic carbocycles. The topological polar surface area (TPSA) is 15.3 Å². The van der Waals surface area contributed by atoms with Gasteiger partial charge in [-0.25, -0.2) is 0 Å². The van der Waals surface area contributed by atoms with Crippen molar-refractivity contribution >= 4 is 11.8 Å². The molecule has 0 radical (unpaired) electrons. The molecule has 1 N–H and O–H groups in total. The Bertz CT molecular complexity index is 223. The van der Waals surface area contributed by atoms with Gasteiger partial charge in [0.15, 0.2) is 0 Å². The van der Waals surface area contributed by atoms with Gasteiger partial charge < -0.3 is 5.32 Å². The van der Waals surface area contributed by atoms with E-state index >= 15 is 0 Å². The summed E-state index contributed by atoms with van der Waals surface area (Å²) in [5.74, 6) is 2.08. The molecule has 4 unspecified atom stereocenters. The smallest absolute Gasteiger partial charge is 0.0221 e. The minimum atomic E-state index is 0.689. The highest BCUT2D eigenvalue weighted by Crippen LogP contribution is 2.21. The van der Waals surface area contributed by atoms with Gasteiger partial charge in [-0.15, -0.1) is 0 Å². The van der Waals surface area contributed by atoms with E-state index in [1.54, 1.807) is 0 Å². The minimum Gasteiger partial charge on any atom is -0.311 e. The molecule has 4 atom stereocenters. The highest BCUT2D eigenvalue weighted by atomic mass is 32.2. The van der Waals surface area contributed by atoms with E-state index in [9.17, 15) is 0 Å². The first-order chi connectivity index (χ1) is 8.63. The molecule has 0 saturated carbocycles. The zero-order valence-corrected chi connectivity index (χ0v) is 13.7. The number of nitrogens with one attached hydrogen (secondary N) is 1. The summed E-state index contributed by atoms with van der Waals surface area (Å²) in [4.78, 5) is 2.77. The maximum Gasteiger partial charge on any atom is 0.0221 e. The van der Waals surface area contributed by atoms with Crippen molar-refractivity contribution < 1.29 is 0 Å². The fourth-order valence-electron chi connectivity index (χ4n) is 2.88. The monoisotopic (exact) mass is 272 g/mol. The minimum absolute atomic E-state index is 0.689. The number of hydrogen-bond acceptors (Lipinski definition) is 3. The van der Waals surface area contributed by atoms with Crippen molar-refractivity contribution in [1.29, 1.82) is 0 Å². The molecule has 1 rings (SSSR count). The normalized spacial score (nSPS) is 29.2. The molecule has 0 amide bonds. The fourth-order valence-corrected chi connectivity index (χ4v) is 3.46. The third kappa shape index (κ3) is 4.43. The Kier molecular flexibility index (Phi) is 7.66. The van der Waals surface area contributed by atoms with Gasteiger partial charge in [-0.05, 0) is 37.7 Å². The van der Waals surface area contributed by atoms with Crippen LogP contribution in [0.1, 0.15) is 47.0 Å². The Morgan fingerprint density at radius 2 is 2.06 bits per heavy atom. The van der Waals surface area contributed by atoms with Gasteiger partial charge in [0.1, 0.15) is 0 Å². The van der Waals surface area contributed by atoms with Gasteiger partial charge in [0.2, 0.25) is 0 Å². The molecule has 0 bridgehead atoms. The van der Waals surface area contributed by atoms with Crippen molar-refractivity contribution in [2.45, 2.75) is 65.1 Å². The average Bonchev–Trinajstić information content (AvgIpc) is 2.43. The first-order valence-electron chi connectivity index (χ1n) is 7.62. The maximum absolute atomic E-state index is 3.76. The Morgan fingerprint density at radius 1 is 1.33 bits per heavy atom. The number of piperazine rings is 1. The zero-order valence-electron chi connectivity index (χ0n) is 12.9. The summed E-state index contributed by atoms with van der Waals surface area (Å²) >= 11 is 1.97. The number of hydrogen-bond donors (Lipinski definition) is 1. The summed E-state index contributed by atoms with van der Waals surface area (Å²) in [6, 6.07) is 2.16. The van der Waals surface area contributed by atoms with Crippen LogP contribution in [0.2, 0.25) is 0 Å². The average molecular weight is 273 g/mol. The second-order valence-corrected chi connectivity index (χ2v) is 6.78. The summed E-state index contributed by atoms with van der Waals surface area (Å²) in [7, 11) is 0. The molecule has 18 heavy (non-hydrogen) atoms. The fraction of sp³-hybridized carbons (Fsp3) is 1.00. The predicted molar refractivity (Wildman–Crippen MR) is 84.5 cm³/mol. The van der Waals surface area contributed by atoms with Crippen molar-refractivity contribution in [3.8, 4) is 0 Å². The van der Waals surface area contributed by atoms with Crippen LogP contribution >= 0.6 is 11.8 Å². The Balaban J connectivity index is 2.58. The van der Waals surface area contributed by atoms with Gasteiger partial charge in [0, 0.05) is 31.2 Å². The molecule has 0 spiro atoms. The molecule has 2 nitrogen and oxygen atoms in total. The summed E-state index contributed by atoms with van der Waals surface area (Å²) in [5.41, 5.74) is 0. The van der Waals surface area contributed by atoms with E-state index < -0.39 is 0 Å². The van der Waals surface area contributed by atoms with E-state index in [2.05, 4.69) is 44.2 Å². The molecule has 1 saturated heterocycles. The Hall–Kier alpha value is 0.270. The summed E-state index contributed by atoms with van der Waals surface area (Å²) in [5, 5.41) is 3.76. The quantitative estimate of drug-likeness (QED) is 0.766. The van der Waals surface area contributed by atoms with E-state index in [-0.39, 0.29) is 0 Å². The Morgan fingerprint density at radius 3 is 2.61 bits per heavy atom. The molecule has 1 heterocycles. The van der Waals surface area contributed by atoms with Crippen molar-refractivity contribution in [3.63, 3.8) is 0 Å². The highest BCUT2D eigenvalue weighted by molar-refractivity contribution is 7.98. The number of rotatable bonds is 7. The lowest BCUT2D eigenvalue weighted by molar-refractivity contribution is 0.0698. The molecular weight excluding hydrogens is 240 g/mol. The van der Waals surface area contributed by atoms with Gasteiger partial charge in [-0.2, -0.15) is 11.8 Å². The molecular formula is C15H32N2S. The third-order valence-corrected chi connectivity index (χ3v) is 5.24. The first kappa shape index (κ1) is 16.3.